The van der Waals surface area contributed by atoms with Crippen molar-refractivity contribution in [1.29, 1.82) is 0 Å². The highest BCUT2D eigenvalue weighted by molar-refractivity contribution is 7.17. The number of benzene rings is 3. The van der Waals surface area contributed by atoms with E-state index < -0.39 is 0 Å². The monoisotopic (exact) mass is 693 g/mol. The number of carbonyl (C=O) groups excluding carboxylic acids is 3. The van der Waals surface area contributed by atoms with Crippen LogP contribution in [0.1, 0.15) is 54.4 Å². The Balaban J connectivity index is 0.958. The second-order valence-electron chi connectivity index (χ2n) is 13.2. The van der Waals surface area contributed by atoms with Gasteiger partial charge in [-0.2, -0.15) is 0 Å². The Bertz CT molecular complexity index is 2170. The Labute approximate surface area is 300 Å². The van der Waals surface area contributed by atoms with Crippen LogP contribution in [0, 0.1) is 17.8 Å². The molecular formula is C41H35N5O4S. The van der Waals surface area contributed by atoms with Gasteiger partial charge in [-0.15, -0.1) is 17.8 Å². The van der Waals surface area contributed by atoms with E-state index in [1.807, 2.05) is 30.3 Å². The van der Waals surface area contributed by atoms with Gasteiger partial charge in [0, 0.05) is 77.4 Å². The normalized spacial score (nSPS) is 15.8. The zero-order valence-electron chi connectivity index (χ0n) is 27.9. The van der Waals surface area contributed by atoms with Crippen molar-refractivity contribution in [2.24, 2.45) is 5.41 Å². The maximum atomic E-state index is 14.0. The molecule has 0 unspecified atom stereocenters. The Morgan fingerprint density at radius 1 is 0.863 bits per heavy atom. The van der Waals surface area contributed by atoms with E-state index in [-0.39, 0.29) is 23.1 Å². The molecule has 3 amide bonds. The van der Waals surface area contributed by atoms with Crippen molar-refractivity contribution in [2.75, 3.05) is 53.3 Å². The number of aromatic nitrogens is 1. The molecule has 2 aromatic heterocycles. The first-order valence-corrected chi connectivity index (χ1v) is 17.8. The molecule has 2 N–H and O–H groups in total. The van der Waals surface area contributed by atoms with Crippen LogP contribution < -0.4 is 20.4 Å². The lowest BCUT2D eigenvalue weighted by atomic mass is 9.73. The van der Waals surface area contributed by atoms with Gasteiger partial charge in [-0.3, -0.25) is 14.4 Å². The number of nitrogens with zero attached hydrogens (tertiary/aromatic N) is 3. The SMILES string of the molecule is C#Cc1ccc(NC(=O)c2cc3c(s2)-c2ccccc2N(C(=O)c2ccc(NC(=O)c4cccnc4N4CC5(CCOCC5)C4)cc2)CC3)cc1. The molecular weight excluding hydrogens is 659 g/mol. The van der Waals surface area contributed by atoms with Crippen molar-refractivity contribution >= 4 is 51.9 Å². The molecule has 3 aliphatic rings. The first-order valence-electron chi connectivity index (χ1n) is 17.0. The number of hydrogen-bond donors (Lipinski definition) is 2. The van der Waals surface area contributed by atoms with Gasteiger partial charge in [-0.1, -0.05) is 24.1 Å². The number of pyridine rings is 1. The lowest BCUT2D eigenvalue weighted by molar-refractivity contribution is -0.000510. The molecule has 254 valence electrons. The van der Waals surface area contributed by atoms with Crippen LogP contribution >= 0.6 is 11.3 Å². The summed E-state index contributed by atoms with van der Waals surface area (Å²) in [5, 5.41) is 5.96. The van der Waals surface area contributed by atoms with E-state index in [1.54, 1.807) is 71.8 Å². The quantitative estimate of drug-likeness (QED) is 0.184. The van der Waals surface area contributed by atoms with Crippen LogP contribution in [0.3, 0.4) is 0 Å². The van der Waals surface area contributed by atoms with Gasteiger partial charge in [-0.05, 0) is 97.6 Å². The predicted octanol–water partition coefficient (Wildman–Crippen LogP) is 7.12. The molecule has 0 bridgehead atoms. The third kappa shape index (κ3) is 6.38. The number of para-hydroxylation sites is 1. The van der Waals surface area contributed by atoms with Gasteiger partial charge in [-0.25, -0.2) is 4.98 Å². The van der Waals surface area contributed by atoms with Crippen molar-refractivity contribution in [3.8, 4) is 22.8 Å². The van der Waals surface area contributed by atoms with Crippen LogP contribution in [-0.2, 0) is 11.2 Å². The number of rotatable bonds is 6. The summed E-state index contributed by atoms with van der Waals surface area (Å²) in [6.07, 6.45) is 9.83. The first-order chi connectivity index (χ1) is 24.9. The molecule has 0 atom stereocenters. The number of anilines is 4. The molecule has 1 spiro atoms. The minimum atomic E-state index is -0.243. The van der Waals surface area contributed by atoms with Crippen LogP contribution in [-0.4, -0.2) is 55.6 Å². The summed E-state index contributed by atoms with van der Waals surface area (Å²) in [5.74, 6) is 2.69. The largest absolute Gasteiger partial charge is 0.381 e. The Morgan fingerprint density at radius 2 is 1.57 bits per heavy atom. The standard InChI is InChI=1S/C41H35N5O4S/c1-2-27-9-13-30(14-10-27)44-39(48)35-24-29-17-21-46(34-8-4-3-6-32(34)36(29)51-35)40(49)28-11-15-31(16-12-28)43-38(47)33-7-5-20-42-37(33)45-25-41(26-45)18-22-50-23-19-41/h1,3-16,20,24H,17-19,21-23,25-26H2,(H,43,47)(H,44,48). The summed E-state index contributed by atoms with van der Waals surface area (Å²) in [4.78, 5) is 50.8. The van der Waals surface area contributed by atoms with E-state index in [4.69, 9.17) is 11.2 Å². The van der Waals surface area contributed by atoms with E-state index in [1.165, 1.54) is 11.3 Å². The van der Waals surface area contributed by atoms with Crippen LogP contribution in [0.5, 0.6) is 0 Å². The van der Waals surface area contributed by atoms with Gasteiger partial charge in [0.1, 0.15) is 5.82 Å². The smallest absolute Gasteiger partial charge is 0.265 e. The summed E-state index contributed by atoms with van der Waals surface area (Å²) in [6, 6.07) is 27.5. The molecule has 3 aliphatic heterocycles. The van der Waals surface area contributed by atoms with E-state index in [9.17, 15) is 14.4 Å². The van der Waals surface area contributed by atoms with Gasteiger partial charge in [0.25, 0.3) is 17.7 Å². The third-order valence-corrected chi connectivity index (χ3v) is 11.2. The maximum absolute atomic E-state index is 14.0. The average Bonchev–Trinajstić information content (AvgIpc) is 3.53. The summed E-state index contributed by atoms with van der Waals surface area (Å²) < 4.78 is 5.55. The molecule has 3 aromatic carbocycles. The van der Waals surface area contributed by atoms with Gasteiger partial charge in [0.05, 0.1) is 16.1 Å². The summed E-state index contributed by atoms with van der Waals surface area (Å²) in [5.41, 5.74) is 5.99. The third-order valence-electron chi connectivity index (χ3n) is 9.96. The molecule has 10 heteroatoms. The number of terminal acetylenes is 1. The van der Waals surface area contributed by atoms with Crippen LogP contribution in [0.4, 0.5) is 22.9 Å². The van der Waals surface area contributed by atoms with E-state index >= 15 is 0 Å². The average molecular weight is 694 g/mol. The van der Waals surface area contributed by atoms with E-state index in [2.05, 4.69) is 26.4 Å². The lowest BCUT2D eigenvalue weighted by Gasteiger charge is -2.53. The van der Waals surface area contributed by atoms with Crippen molar-refractivity contribution in [3.63, 3.8) is 0 Å². The van der Waals surface area contributed by atoms with Crippen molar-refractivity contribution in [1.82, 2.24) is 4.98 Å². The summed E-state index contributed by atoms with van der Waals surface area (Å²) in [7, 11) is 0. The fourth-order valence-corrected chi connectivity index (χ4v) is 8.31. The molecule has 0 aliphatic carbocycles. The highest BCUT2D eigenvalue weighted by atomic mass is 32.1. The Kier molecular flexibility index (Phi) is 8.60. The molecule has 2 saturated heterocycles. The minimum absolute atomic E-state index is 0.141. The number of hydrogen-bond acceptors (Lipinski definition) is 7. The molecule has 2 fully saturated rings. The fraction of sp³-hybridized carbons (Fsp3) is 0.220. The number of amides is 3. The summed E-state index contributed by atoms with van der Waals surface area (Å²) in [6.45, 7) is 3.76. The Hall–Kier alpha value is -5.76. The number of thiophene rings is 1. The van der Waals surface area contributed by atoms with Gasteiger partial charge < -0.3 is 25.2 Å². The highest BCUT2D eigenvalue weighted by Crippen LogP contribution is 2.43. The Morgan fingerprint density at radius 3 is 2.31 bits per heavy atom. The molecule has 0 radical (unpaired) electrons. The number of nitrogens with one attached hydrogen (secondary N) is 2. The second-order valence-corrected chi connectivity index (χ2v) is 14.3. The molecule has 5 aromatic rings. The molecule has 8 rings (SSSR count). The molecule has 51 heavy (non-hydrogen) atoms. The molecule has 5 heterocycles. The van der Waals surface area contributed by atoms with Crippen LogP contribution in [0.25, 0.3) is 10.4 Å². The first kappa shape index (κ1) is 32.4. The zero-order chi connectivity index (χ0) is 35.0. The maximum Gasteiger partial charge on any atom is 0.265 e. The number of fused-ring (bicyclic) bond motifs is 3. The summed E-state index contributed by atoms with van der Waals surface area (Å²) >= 11 is 1.42. The zero-order valence-corrected chi connectivity index (χ0v) is 28.7. The van der Waals surface area contributed by atoms with Crippen molar-refractivity contribution in [3.05, 3.63) is 124 Å². The lowest BCUT2D eigenvalue weighted by Crippen LogP contribution is -2.59. The minimum Gasteiger partial charge on any atom is -0.381 e. The number of ether oxygens (including phenoxy) is 1. The second kappa shape index (κ2) is 13.5. The van der Waals surface area contributed by atoms with Crippen LogP contribution in [0.2, 0.25) is 0 Å². The molecule has 9 nitrogen and oxygen atoms in total. The predicted molar refractivity (Wildman–Crippen MR) is 201 cm³/mol. The molecule has 0 saturated carbocycles. The van der Waals surface area contributed by atoms with E-state index in [0.29, 0.717) is 46.2 Å². The van der Waals surface area contributed by atoms with Crippen molar-refractivity contribution < 1.29 is 19.1 Å². The topological polar surface area (TPSA) is 104 Å². The van der Waals surface area contributed by atoms with Gasteiger partial charge >= 0.3 is 0 Å². The van der Waals surface area contributed by atoms with Gasteiger partial charge in [0.2, 0.25) is 0 Å². The van der Waals surface area contributed by atoms with Crippen LogP contribution in [0.15, 0.2) is 97.2 Å². The van der Waals surface area contributed by atoms with Gasteiger partial charge in [0.15, 0.2) is 0 Å². The number of carbonyl (C=O) groups is 3. The van der Waals surface area contributed by atoms with Crippen molar-refractivity contribution in [2.45, 2.75) is 19.3 Å². The fourth-order valence-electron chi connectivity index (χ4n) is 7.17. The van der Waals surface area contributed by atoms with E-state index in [0.717, 1.165) is 66.4 Å². The highest BCUT2D eigenvalue weighted by Gasteiger charge is 2.45.